The molecule has 0 heterocycles. The Hall–Kier alpha value is -1.40. The molecule has 1 aromatic carbocycles. The summed E-state index contributed by atoms with van der Waals surface area (Å²) in [5.41, 5.74) is 0.184. The molecule has 0 bridgehead atoms. The lowest BCUT2D eigenvalue weighted by molar-refractivity contribution is -0.142. The summed E-state index contributed by atoms with van der Waals surface area (Å²) in [6, 6.07) is 7.71. The minimum Gasteiger partial charge on any atom is -0.465 e. The molecule has 0 amide bonds. The van der Waals surface area contributed by atoms with Crippen molar-refractivity contribution in [1.82, 2.24) is 0 Å². The van der Waals surface area contributed by atoms with Gasteiger partial charge in [-0.25, -0.2) is 0 Å². The van der Waals surface area contributed by atoms with Crippen molar-refractivity contribution in [3.63, 3.8) is 0 Å². The standard InChI is InChI=1S/C10H12O5S/c1-2-15-10(11)9(16(12,13)14)8-6-4-3-5-7-8/h3-7,9H,2H2,1H3,(H,12,13,14)/t9-/m1/s1. The second-order valence-electron chi connectivity index (χ2n) is 3.06. The van der Waals surface area contributed by atoms with Gasteiger partial charge in [-0.1, -0.05) is 30.3 Å². The van der Waals surface area contributed by atoms with E-state index >= 15 is 0 Å². The van der Waals surface area contributed by atoms with Crippen LogP contribution in [0, 0.1) is 0 Å². The molecule has 88 valence electrons. The van der Waals surface area contributed by atoms with Crippen LogP contribution < -0.4 is 0 Å². The number of benzene rings is 1. The number of hydrogen-bond acceptors (Lipinski definition) is 4. The first kappa shape index (κ1) is 12.7. The van der Waals surface area contributed by atoms with E-state index in [-0.39, 0.29) is 12.2 Å². The highest BCUT2D eigenvalue weighted by atomic mass is 32.2. The van der Waals surface area contributed by atoms with Crippen LogP contribution in [0.25, 0.3) is 0 Å². The Morgan fingerprint density at radius 3 is 2.38 bits per heavy atom. The maximum absolute atomic E-state index is 11.4. The fraction of sp³-hybridized carbons (Fsp3) is 0.300. The molecule has 1 rings (SSSR count). The summed E-state index contributed by atoms with van der Waals surface area (Å²) in [5, 5.41) is -1.67. The predicted molar refractivity (Wildman–Crippen MR) is 57.4 cm³/mol. The second-order valence-corrected chi connectivity index (χ2v) is 4.56. The molecule has 1 atom stereocenters. The van der Waals surface area contributed by atoms with Gasteiger partial charge in [0.05, 0.1) is 6.61 Å². The molecule has 6 heteroatoms. The summed E-state index contributed by atoms with van der Waals surface area (Å²) >= 11 is 0. The third kappa shape index (κ3) is 3.04. The SMILES string of the molecule is CCOC(=O)[C@@H](c1ccccc1)S(=O)(=O)O. The van der Waals surface area contributed by atoms with Gasteiger partial charge in [-0.3, -0.25) is 9.35 Å². The molecule has 1 N–H and O–H groups in total. The third-order valence-corrected chi connectivity index (χ3v) is 2.96. The molecule has 1 aromatic rings. The van der Waals surface area contributed by atoms with E-state index in [9.17, 15) is 13.2 Å². The van der Waals surface area contributed by atoms with Crippen LogP contribution in [0.2, 0.25) is 0 Å². The number of hydrogen-bond donors (Lipinski definition) is 1. The summed E-state index contributed by atoms with van der Waals surface area (Å²) in [7, 11) is -4.51. The zero-order valence-electron chi connectivity index (χ0n) is 8.66. The van der Waals surface area contributed by atoms with Crippen LogP contribution >= 0.6 is 0 Å². The molecule has 5 nitrogen and oxygen atoms in total. The van der Waals surface area contributed by atoms with E-state index in [4.69, 9.17) is 4.55 Å². The lowest BCUT2D eigenvalue weighted by Gasteiger charge is -2.12. The van der Waals surface area contributed by atoms with Gasteiger partial charge in [-0.2, -0.15) is 8.42 Å². The first-order chi connectivity index (χ1) is 7.46. The second kappa shape index (κ2) is 5.09. The third-order valence-electron chi connectivity index (χ3n) is 1.90. The molecule has 0 unspecified atom stereocenters. The minimum atomic E-state index is -4.51. The minimum absolute atomic E-state index is 0.0533. The number of carbonyl (C=O) groups excluding carboxylic acids is 1. The molecular formula is C10H12O5S. The Labute approximate surface area is 93.8 Å². The highest BCUT2D eigenvalue weighted by Crippen LogP contribution is 2.22. The molecule has 0 spiro atoms. The van der Waals surface area contributed by atoms with Crippen LogP contribution in [0.5, 0.6) is 0 Å². The zero-order chi connectivity index (χ0) is 12.2. The quantitative estimate of drug-likeness (QED) is 0.635. The van der Waals surface area contributed by atoms with Crippen LogP contribution in [-0.4, -0.2) is 25.5 Å². The summed E-state index contributed by atoms with van der Waals surface area (Å²) in [6.45, 7) is 1.61. The fourth-order valence-corrected chi connectivity index (χ4v) is 2.09. The van der Waals surface area contributed by atoms with Gasteiger partial charge in [-0.15, -0.1) is 0 Å². The predicted octanol–water partition coefficient (Wildman–Crippen LogP) is 1.18. The maximum Gasteiger partial charge on any atom is 0.331 e. The van der Waals surface area contributed by atoms with Gasteiger partial charge in [0.15, 0.2) is 0 Å². The van der Waals surface area contributed by atoms with Crippen molar-refractivity contribution in [2.75, 3.05) is 6.61 Å². The summed E-state index contributed by atoms with van der Waals surface area (Å²) in [6.07, 6.45) is 0. The Kier molecular flexibility index (Phi) is 4.03. The van der Waals surface area contributed by atoms with Gasteiger partial charge < -0.3 is 4.74 Å². The van der Waals surface area contributed by atoms with E-state index in [1.807, 2.05) is 0 Å². The molecule has 0 aliphatic carbocycles. The summed E-state index contributed by atoms with van der Waals surface area (Å²) < 4.78 is 35.8. The van der Waals surface area contributed by atoms with Crippen LogP contribution in [-0.2, 0) is 19.6 Å². The van der Waals surface area contributed by atoms with E-state index < -0.39 is 21.3 Å². The van der Waals surface area contributed by atoms with Gasteiger partial charge in [0, 0.05) is 0 Å². The average molecular weight is 244 g/mol. The van der Waals surface area contributed by atoms with Gasteiger partial charge in [0.1, 0.15) is 0 Å². The average Bonchev–Trinajstić information content (AvgIpc) is 2.17. The van der Waals surface area contributed by atoms with Crippen molar-refractivity contribution < 1.29 is 22.5 Å². The van der Waals surface area contributed by atoms with Crippen LogP contribution in [0.15, 0.2) is 30.3 Å². The molecule has 0 aliphatic heterocycles. The number of ether oxygens (including phenoxy) is 1. The number of carbonyl (C=O) groups is 1. The molecule has 0 saturated heterocycles. The Morgan fingerprint density at radius 2 is 1.94 bits per heavy atom. The molecule has 0 fully saturated rings. The molecule has 0 aromatic heterocycles. The highest BCUT2D eigenvalue weighted by Gasteiger charge is 2.33. The van der Waals surface area contributed by atoms with Gasteiger partial charge in [0.25, 0.3) is 10.1 Å². The van der Waals surface area contributed by atoms with Crippen molar-refractivity contribution in [2.45, 2.75) is 12.2 Å². The maximum atomic E-state index is 11.4. The number of esters is 1. The van der Waals surface area contributed by atoms with Gasteiger partial charge >= 0.3 is 5.97 Å². The largest absolute Gasteiger partial charge is 0.465 e. The summed E-state index contributed by atoms with van der Waals surface area (Å²) in [5.74, 6) is -0.976. The molecule has 16 heavy (non-hydrogen) atoms. The van der Waals surface area contributed by atoms with Crippen LogP contribution in [0.1, 0.15) is 17.7 Å². The first-order valence-electron chi connectivity index (χ1n) is 4.64. The van der Waals surface area contributed by atoms with Gasteiger partial charge in [0.2, 0.25) is 5.25 Å². The molecular weight excluding hydrogens is 232 g/mol. The fourth-order valence-electron chi connectivity index (χ4n) is 1.28. The van der Waals surface area contributed by atoms with E-state index in [1.165, 1.54) is 12.1 Å². The molecule has 0 saturated carbocycles. The van der Waals surface area contributed by atoms with E-state index in [0.717, 1.165) is 0 Å². The van der Waals surface area contributed by atoms with Gasteiger partial charge in [-0.05, 0) is 12.5 Å². The Bertz CT molecular complexity index is 451. The molecule has 0 aliphatic rings. The highest BCUT2D eigenvalue weighted by molar-refractivity contribution is 7.86. The van der Waals surface area contributed by atoms with E-state index in [1.54, 1.807) is 25.1 Å². The van der Waals surface area contributed by atoms with Crippen molar-refractivity contribution in [3.8, 4) is 0 Å². The number of rotatable bonds is 4. The smallest absolute Gasteiger partial charge is 0.331 e. The topological polar surface area (TPSA) is 80.7 Å². The lowest BCUT2D eigenvalue weighted by Crippen LogP contribution is -2.23. The zero-order valence-corrected chi connectivity index (χ0v) is 9.48. The van der Waals surface area contributed by atoms with Crippen molar-refractivity contribution >= 4 is 16.1 Å². The summed E-state index contributed by atoms with van der Waals surface area (Å²) in [4.78, 5) is 11.4. The first-order valence-corrected chi connectivity index (χ1v) is 6.15. The molecule has 0 radical (unpaired) electrons. The normalized spacial score (nSPS) is 13.1. The Morgan fingerprint density at radius 1 is 1.38 bits per heavy atom. The van der Waals surface area contributed by atoms with Crippen molar-refractivity contribution in [2.24, 2.45) is 0 Å². The van der Waals surface area contributed by atoms with Crippen molar-refractivity contribution in [3.05, 3.63) is 35.9 Å². The van der Waals surface area contributed by atoms with Crippen molar-refractivity contribution in [1.29, 1.82) is 0 Å². The monoisotopic (exact) mass is 244 g/mol. The van der Waals surface area contributed by atoms with E-state index in [2.05, 4.69) is 4.74 Å². The van der Waals surface area contributed by atoms with Crippen LogP contribution in [0.3, 0.4) is 0 Å². The lowest BCUT2D eigenvalue weighted by atomic mass is 10.1. The van der Waals surface area contributed by atoms with E-state index in [0.29, 0.717) is 0 Å². The Balaban J connectivity index is 3.13. The van der Waals surface area contributed by atoms with Crippen LogP contribution in [0.4, 0.5) is 0 Å².